The molecule has 0 spiro atoms. The second-order valence-electron chi connectivity index (χ2n) is 17.3. The second kappa shape index (κ2) is 15.1. The van der Waals surface area contributed by atoms with Crippen molar-refractivity contribution in [3.8, 4) is 5.75 Å². The fourth-order valence-electron chi connectivity index (χ4n) is 9.80. The van der Waals surface area contributed by atoms with Gasteiger partial charge in [-0.3, -0.25) is 43.9 Å². The Morgan fingerprint density at radius 3 is 2.38 bits per heavy atom. The lowest BCUT2D eigenvalue weighted by Gasteiger charge is -2.50. The quantitative estimate of drug-likeness (QED) is 0.231. The van der Waals surface area contributed by atoms with Crippen LogP contribution in [0.1, 0.15) is 113 Å². The van der Waals surface area contributed by atoms with Gasteiger partial charge >= 0.3 is 0 Å². The molecule has 2 aromatic carbocycles. The lowest BCUT2D eigenvalue weighted by molar-refractivity contribution is -0.136. The van der Waals surface area contributed by atoms with E-state index < -0.39 is 29.7 Å². The van der Waals surface area contributed by atoms with E-state index in [0.29, 0.717) is 46.2 Å². The highest BCUT2D eigenvalue weighted by atomic mass is 16.5. The van der Waals surface area contributed by atoms with Gasteiger partial charge in [-0.25, -0.2) is 9.50 Å². The molecule has 2 N–H and O–H groups in total. The molecule has 3 fully saturated rings. The zero-order chi connectivity index (χ0) is 42.0. The number of amides is 6. The van der Waals surface area contributed by atoms with Gasteiger partial charge in [-0.05, 0) is 108 Å². The monoisotopic (exact) mass is 815 g/mol. The van der Waals surface area contributed by atoms with Gasteiger partial charge in [-0.1, -0.05) is 0 Å². The molecule has 0 saturated carbocycles. The topological polar surface area (TPSA) is 179 Å². The minimum absolute atomic E-state index is 0.0188. The number of hydrogen-bond donors (Lipinski definition) is 2. The number of carbonyl (C=O) groups excluding carboxylic acids is 6. The van der Waals surface area contributed by atoms with E-state index >= 15 is 0 Å². The molecule has 5 aliphatic heterocycles. The fourth-order valence-corrected chi connectivity index (χ4v) is 9.80. The number of nitrogens with zero attached hydrogens (tertiary/aromatic N) is 7. The lowest BCUT2D eigenvalue weighted by atomic mass is 9.78. The van der Waals surface area contributed by atoms with E-state index in [9.17, 15) is 28.8 Å². The summed E-state index contributed by atoms with van der Waals surface area (Å²) in [5.74, 6) is -1.54. The third kappa shape index (κ3) is 6.85. The summed E-state index contributed by atoms with van der Waals surface area (Å²) >= 11 is 0. The second-order valence-corrected chi connectivity index (χ2v) is 17.3. The molecule has 0 bridgehead atoms. The molecule has 16 heteroatoms. The van der Waals surface area contributed by atoms with Crippen LogP contribution in [0.15, 0.2) is 55.0 Å². The summed E-state index contributed by atoms with van der Waals surface area (Å²) in [6.07, 6.45) is 8.45. The minimum Gasteiger partial charge on any atom is -0.489 e. The Kier molecular flexibility index (Phi) is 9.92. The summed E-state index contributed by atoms with van der Waals surface area (Å²) in [4.78, 5) is 90.4. The predicted octanol–water partition coefficient (Wildman–Crippen LogP) is 4.29. The number of aromatic nitrogens is 3. The van der Waals surface area contributed by atoms with E-state index in [1.807, 2.05) is 30.9 Å². The molecular weight excluding hydrogens is 767 g/mol. The largest absolute Gasteiger partial charge is 0.489 e. The van der Waals surface area contributed by atoms with Crippen LogP contribution in [-0.2, 0) is 16.1 Å². The van der Waals surface area contributed by atoms with Crippen molar-refractivity contribution >= 4 is 52.5 Å². The van der Waals surface area contributed by atoms with Crippen molar-refractivity contribution in [1.82, 2.24) is 34.6 Å². The third-order valence-electron chi connectivity index (χ3n) is 13.2. The van der Waals surface area contributed by atoms with Crippen molar-refractivity contribution in [3.63, 3.8) is 0 Å². The zero-order valence-electron chi connectivity index (χ0n) is 34.3. The van der Waals surface area contributed by atoms with Crippen LogP contribution in [0.25, 0.3) is 5.65 Å². The summed E-state index contributed by atoms with van der Waals surface area (Å²) in [6.45, 7) is 12.2. The van der Waals surface area contributed by atoms with Crippen LogP contribution in [0, 0.1) is 5.92 Å². The summed E-state index contributed by atoms with van der Waals surface area (Å²) in [5.41, 5.74) is 4.09. The minimum atomic E-state index is -0.991. The normalized spacial score (nSPS) is 20.6. The van der Waals surface area contributed by atoms with Gasteiger partial charge in [0.25, 0.3) is 23.6 Å². The molecular formula is C44H49N9O7. The highest BCUT2D eigenvalue weighted by Crippen LogP contribution is 2.40. The summed E-state index contributed by atoms with van der Waals surface area (Å²) < 4.78 is 7.67. The maximum absolute atomic E-state index is 14.0. The number of ether oxygens (including phenoxy) is 1. The van der Waals surface area contributed by atoms with Gasteiger partial charge in [0.2, 0.25) is 11.8 Å². The number of fused-ring (bicyclic) bond motifs is 3. The van der Waals surface area contributed by atoms with Crippen molar-refractivity contribution in [2.75, 3.05) is 36.4 Å². The van der Waals surface area contributed by atoms with Crippen molar-refractivity contribution in [2.45, 2.75) is 96.5 Å². The molecule has 7 heterocycles. The molecule has 6 amide bonds. The Bertz CT molecular complexity index is 2440. The number of rotatable bonds is 9. The van der Waals surface area contributed by atoms with E-state index in [-0.39, 0.29) is 47.9 Å². The number of nitrogens with one attached hydrogen (secondary N) is 2. The Labute approximate surface area is 347 Å². The highest BCUT2D eigenvalue weighted by Gasteiger charge is 2.46. The van der Waals surface area contributed by atoms with Crippen molar-refractivity contribution in [3.05, 3.63) is 82.8 Å². The average molecular weight is 816 g/mol. The third-order valence-corrected chi connectivity index (χ3v) is 13.2. The number of imide groups is 2. The number of benzene rings is 2. The molecule has 5 aliphatic rings. The number of likely N-dealkylation sites (tertiary alicyclic amines) is 1. The number of hydrogen-bond acceptors (Lipinski definition) is 11. The Balaban J connectivity index is 0.816. The van der Waals surface area contributed by atoms with Crippen molar-refractivity contribution in [1.29, 1.82) is 0 Å². The van der Waals surface area contributed by atoms with Gasteiger partial charge in [0.1, 0.15) is 17.4 Å². The first kappa shape index (κ1) is 39.3. The first-order valence-electron chi connectivity index (χ1n) is 20.9. The SMILES string of the molecule is CC(C)Oc1cc2c(cc1NC(=O)c1cnn3cccnc13)CN(C1CCN(C(C)(C)C3CCN(c4ccc5c(c4)C(=O)N(C4CCC(=O)NC4=O)C5=O)CC3)CC1)C2=O. The van der Waals surface area contributed by atoms with Crippen molar-refractivity contribution < 1.29 is 33.5 Å². The van der Waals surface area contributed by atoms with E-state index in [2.05, 4.69) is 44.4 Å². The number of piperidine rings is 3. The van der Waals surface area contributed by atoms with Gasteiger partial charge in [0.05, 0.1) is 29.1 Å². The molecule has 2 aromatic heterocycles. The van der Waals surface area contributed by atoms with E-state index in [0.717, 1.165) is 68.0 Å². The van der Waals surface area contributed by atoms with Crippen LogP contribution >= 0.6 is 0 Å². The fraction of sp³-hybridized carbons (Fsp3) is 0.455. The summed E-state index contributed by atoms with van der Waals surface area (Å²) in [7, 11) is 0. The smallest absolute Gasteiger partial charge is 0.262 e. The number of anilines is 2. The van der Waals surface area contributed by atoms with Crippen LogP contribution in [0.5, 0.6) is 5.75 Å². The van der Waals surface area contributed by atoms with Gasteiger partial charge in [-0.15, -0.1) is 0 Å². The maximum Gasteiger partial charge on any atom is 0.262 e. The van der Waals surface area contributed by atoms with Crippen LogP contribution in [0.2, 0.25) is 0 Å². The standard InChI is InChI=1S/C44H49N9O7/c1-25(2)60-36-22-31-26(20-34(36)47-39(55)33-23-46-52-15-5-14-45-38(33)52)24-51(41(31)57)28-12-18-50(19-13-28)44(3,4)27-10-16-49(17-11-27)29-6-7-30-32(21-29)43(59)53(42(30)58)35-8-9-37(54)48-40(35)56/h5-7,14-15,20-23,25,27-28,35H,8-13,16-19,24H2,1-4H3,(H,47,55)(H,48,54,56). The first-order chi connectivity index (χ1) is 28.8. The molecule has 0 radical (unpaired) electrons. The molecule has 312 valence electrons. The number of carbonyl (C=O) groups is 6. The highest BCUT2D eigenvalue weighted by molar-refractivity contribution is 6.23. The van der Waals surface area contributed by atoms with Crippen LogP contribution < -0.4 is 20.3 Å². The Morgan fingerprint density at radius 2 is 1.65 bits per heavy atom. The molecule has 9 rings (SSSR count). The van der Waals surface area contributed by atoms with Crippen LogP contribution in [0.4, 0.5) is 11.4 Å². The van der Waals surface area contributed by atoms with Gasteiger partial charge in [0, 0.05) is 74.4 Å². The molecule has 60 heavy (non-hydrogen) atoms. The molecule has 1 atom stereocenters. The van der Waals surface area contributed by atoms with Crippen LogP contribution in [0.3, 0.4) is 0 Å². The zero-order valence-corrected chi connectivity index (χ0v) is 34.3. The molecule has 4 aromatic rings. The molecule has 16 nitrogen and oxygen atoms in total. The molecule has 0 aliphatic carbocycles. The van der Waals surface area contributed by atoms with E-state index in [1.54, 1.807) is 41.2 Å². The summed E-state index contributed by atoms with van der Waals surface area (Å²) in [5, 5.41) is 9.49. The van der Waals surface area contributed by atoms with Gasteiger partial charge in [0.15, 0.2) is 5.65 Å². The Hall–Kier alpha value is -6.16. The summed E-state index contributed by atoms with van der Waals surface area (Å²) in [6, 6.07) is 9.79. The lowest BCUT2D eigenvalue weighted by Crippen LogP contribution is -2.57. The predicted molar refractivity (Wildman–Crippen MR) is 220 cm³/mol. The maximum atomic E-state index is 14.0. The van der Waals surface area contributed by atoms with E-state index in [4.69, 9.17) is 4.74 Å². The van der Waals surface area contributed by atoms with Gasteiger partial charge in [-0.2, -0.15) is 5.10 Å². The average Bonchev–Trinajstić information content (AvgIpc) is 3.89. The van der Waals surface area contributed by atoms with Crippen LogP contribution in [-0.4, -0.2) is 115 Å². The Morgan fingerprint density at radius 1 is 0.900 bits per heavy atom. The van der Waals surface area contributed by atoms with Gasteiger partial charge < -0.3 is 19.9 Å². The first-order valence-corrected chi connectivity index (χ1v) is 20.9. The molecule has 1 unspecified atom stereocenters. The molecule has 3 saturated heterocycles. The van der Waals surface area contributed by atoms with Crippen molar-refractivity contribution in [2.24, 2.45) is 5.92 Å². The van der Waals surface area contributed by atoms with E-state index in [1.165, 1.54) is 6.20 Å².